The summed E-state index contributed by atoms with van der Waals surface area (Å²) >= 11 is 0. The van der Waals surface area contributed by atoms with Gasteiger partial charge < -0.3 is 19.5 Å². The molecule has 1 heterocycles. The molecule has 2 aromatic carbocycles. The lowest BCUT2D eigenvalue weighted by Crippen LogP contribution is -2.51. The molecule has 0 aliphatic carbocycles. The van der Waals surface area contributed by atoms with Crippen molar-refractivity contribution < 1.29 is 14.2 Å². The number of hydrogen-bond donors (Lipinski definition) is 1. The molecule has 2 atom stereocenters. The second-order valence-electron chi connectivity index (χ2n) is 9.99. The van der Waals surface area contributed by atoms with Crippen LogP contribution in [0.2, 0.25) is 0 Å². The maximum absolute atomic E-state index is 6.48. The van der Waals surface area contributed by atoms with E-state index in [1.54, 1.807) is 0 Å². The molecular weight excluding hydrogens is 374 g/mol. The minimum absolute atomic E-state index is 0.0761. The van der Waals surface area contributed by atoms with E-state index in [0.717, 1.165) is 22.6 Å². The fourth-order valence-corrected chi connectivity index (χ4v) is 3.90. The molecule has 1 aliphatic rings. The van der Waals surface area contributed by atoms with E-state index in [1.165, 1.54) is 5.56 Å². The molecule has 3 rings (SSSR count). The highest BCUT2D eigenvalue weighted by Gasteiger charge is 2.46. The zero-order valence-electron chi connectivity index (χ0n) is 19.7. The summed E-state index contributed by atoms with van der Waals surface area (Å²) in [7, 11) is 1.92. The Morgan fingerprint density at radius 2 is 1.73 bits per heavy atom. The molecular formula is C26H37NO3. The first kappa shape index (κ1) is 22.6. The highest BCUT2D eigenvalue weighted by Crippen LogP contribution is 2.45. The van der Waals surface area contributed by atoms with Gasteiger partial charge in [-0.25, -0.2) is 0 Å². The van der Waals surface area contributed by atoms with E-state index < -0.39 is 5.60 Å². The molecule has 4 nitrogen and oxygen atoms in total. The van der Waals surface area contributed by atoms with Crippen molar-refractivity contribution in [2.45, 2.75) is 84.4 Å². The Labute approximate surface area is 181 Å². The molecule has 0 saturated heterocycles. The highest BCUT2D eigenvalue weighted by molar-refractivity contribution is 5.53. The summed E-state index contributed by atoms with van der Waals surface area (Å²) in [5, 5.41) is 3.21. The zero-order chi connectivity index (χ0) is 22.1. The standard InChI is InChI=1S/C26H37NO3/c1-17(2)29-23-21-15-20(27-8)13-14-22(21)30-26(6,7)24(23)28-16-18-9-11-19(12-10-18)25(3,4)5/h9-15,17,23-24,27H,16H2,1-8H3. The van der Waals surface area contributed by atoms with E-state index in [4.69, 9.17) is 14.2 Å². The molecule has 2 aromatic rings. The molecule has 0 fully saturated rings. The molecule has 0 spiro atoms. The Hall–Kier alpha value is -2.04. The third-order valence-corrected chi connectivity index (χ3v) is 5.61. The second kappa shape index (κ2) is 8.60. The lowest BCUT2D eigenvalue weighted by molar-refractivity contribution is -0.177. The van der Waals surface area contributed by atoms with Gasteiger partial charge >= 0.3 is 0 Å². The first-order valence-corrected chi connectivity index (χ1v) is 10.9. The van der Waals surface area contributed by atoms with Crippen LogP contribution in [0, 0.1) is 0 Å². The summed E-state index contributed by atoms with van der Waals surface area (Å²) in [4.78, 5) is 0. The first-order valence-electron chi connectivity index (χ1n) is 10.9. The smallest absolute Gasteiger partial charge is 0.132 e. The van der Waals surface area contributed by atoms with Crippen molar-refractivity contribution in [3.8, 4) is 5.75 Å². The van der Waals surface area contributed by atoms with Crippen LogP contribution in [0.3, 0.4) is 0 Å². The van der Waals surface area contributed by atoms with Gasteiger partial charge in [-0.2, -0.15) is 0 Å². The third-order valence-electron chi connectivity index (χ3n) is 5.61. The predicted octanol–water partition coefficient (Wildman–Crippen LogP) is 6.25. The van der Waals surface area contributed by atoms with Gasteiger partial charge in [-0.1, -0.05) is 45.0 Å². The average molecular weight is 412 g/mol. The topological polar surface area (TPSA) is 39.7 Å². The summed E-state index contributed by atoms with van der Waals surface area (Å²) in [6.45, 7) is 15.5. The molecule has 1 aliphatic heterocycles. The van der Waals surface area contributed by atoms with Gasteiger partial charge in [0, 0.05) is 18.3 Å². The first-order chi connectivity index (χ1) is 14.0. The molecule has 1 N–H and O–H groups in total. The van der Waals surface area contributed by atoms with Crippen LogP contribution in [0.15, 0.2) is 42.5 Å². The maximum Gasteiger partial charge on any atom is 0.132 e. The maximum atomic E-state index is 6.48. The van der Waals surface area contributed by atoms with Gasteiger partial charge in [-0.05, 0) is 62.4 Å². The van der Waals surface area contributed by atoms with Gasteiger partial charge in [0.2, 0.25) is 0 Å². The third kappa shape index (κ3) is 4.98. The molecule has 0 aromatic heterocycles. The number of ether oxygens (including phenoxy) is 3. The number of fused-ring (bicyclic) bond motifs is 1. The Bertz CT molecular complexity index is 850. The monoisotopic (exact) mass is 411 g/mol. The van der Waals surface area contributed by atoms with Crippen molar-refractivity contribution >= 4 is 5.69 Å². The molecule has 0 radical (unpaired) electrons. The van der Waals surface area contributed by atoms with Crippen LogP contribution in [0.25, 0.3) is 0 Å². The van der Waals surface area contributed by atoms with E-state index in [0.29, 0.717) is 6.61 Å². The molecule has 30 heavy (non-hydrogen) atoms. The summed E-state index contributed by atoms with van der Waals surface area (Å²) in [5.74, 6) is 0.860. The number of benzene rings is 2. The number of anilines is 1. The van der Waals surface area contributed by atoms with Crippen LogP contribution in [0.1, 0.15) is 71.3 Å². The average Bonchev–Trinajstić information content (AvgIpc) is 2.66. The fourth-order valence-electron chi connectivity index (χ4n) is 3.90. The minimum Gasteiger partial charge on any atom is -0.485 e. The van der Waals surface area contributed by atoms with Gasteiger partial charge in [0.1, 0.15) is 23.6 Å². The van der Waals surface area contributed by atoms with Gasteiger partial charge in [-0.3, -0.25) is 0 Å². The SMILES string of the molecule is CNc1ccc2c(c1)C(OC(C)C)C(OCc1ccc(C(C)(C)C)cc1)C(C)(C)O2. The van der Waals surface area contributed by atoms with Gasteiger partial charge in [-0.15, -0.1) is 0 Å². The lowest BCUT2D eigenvalue weighted by Gasteiger charge is -2.45. The van der Waals surface area contributed by atoms with E-state index in [1.807, 2.05) is 19.2 Å². The van der Waals surface area contributed by atoms with E-state index in [9.17, 15) is 0 Å². The van der Waals surface area contributed by atoms with Gasteiger partial charge in [0.15, 0.2) is 0 Å². The van der Waals surface area contributed by atoms with Crippen molar-refractivity contribution in [1.82, 2.24) is 0 Å². The summed E-state index contributed by atoms with van der Waals surface area (Å²) < 4.78 is 19.2. The Morgan fingerprint density at radius 3 is 2.30 bits per heavy atom. The molecule has 0 saturated carbocycles. The molecule has 0 bridgehead atoms. The summed E-state index contributed by atoms with van der Waals surface area (Å²) in [6.07, 6.45) is -0.361. The van der Waals surface area contributed by atoms with Gasteiger partial charge in [0.25, 0.3) is 0 Å². The van der Waals surface area contributed by atoms with Crippen LogP contribution >= 0.6 is 0 Å². The number of rotatable bonds is 6. The molecule has 4 heteroatoms. The second-order valence-corrected chi connectivity index (χ2v) is 9.99. The van der Waals surface area contributed by atoms with Crippen molar-refractivity contribution in [3.05, 3.63) is 59.2 Å². The number of nitrogens with one attached hydrogen (secondary N) is 1. The fraction of sp³-hybridized carbons (Fsp3) is 0.538. The van der Waals surface area contributed by atoms with E-state index >= 15 is 0 Å². The van der Waals surface area contributed by atoms with Crippen molar-refractivity contribution in [1.29, 1.82) is 0 Å². The number of hydrogen-bond acceptors (Lipinski definition) is 4. The quantitative estimate of drug-likeness (QED) is 0.610. The van der Waals surface area contributed by atoms with Crippen LogP contribution in [-0.2, 0) is 21.5 Å². The Kier molecular flexibility index (Phi) is 6.49. The van der Waals surface area contributed by atoms with E-state index in [2.05, 4.69) is 84.1 Å². The summed E-state index contributed by atoms with van der Waals surface area (Å²) in [5.41, 5.74) is 4.16. The largest absolute Gasteiger partial charge is 0.485 e. The van der Waals surface area contributed by atoms with Crippen LogP contribution < -0.4 is 10.1 Å². The van der Waals surface area contributed by atoms with Crippen molar-refractivity contribution in [2.24, 2.45) is 0 Å². The molecule has 2 unspecified atom stereocenters. The lowest BCUT2D eigenvalue weighted by atomic mass is 9.86. The highest BCUT2D eigenvalue weighted by atomic mass is 16.6. The van der Waals surface area contributed by atoms with E-state index in [-0.39, 0.29) is 23.7 Å². The van der Waals surface area contributed by atoms with Crippen LogP contribution in [0.4, 0.5) is 5.69 Å². The normalized spacial score (nSPS) is 20.6. The van der Waals surface area contributed by atoms with Crippen LogP contribution in [-0.4, -0.2) is 24.9 Å². The predicted molar refractivity (Wildman–Crippen MR) is 123 cm³/mol. The Balaban J connectivity index is 1.86. The van der Waals surface area contributed by atoms with Crippen LogP contribution in [0.5, 0.6) is 5.75 Å². The van der Waals surface area contributed by atoms with Gasteiger partial charge in [0.05, 0.1) is 12.7 Å². The Morgan fingerprint density at radius 1 is 1.07 bits per heavy atom. The van der Waals surface area contributed by atoms with Crippen molar-refractivity contribution in [2.75, 3.05) is 12.4 Å². The van der Waals surface area contributed by atoms with Crippen molar-refractivity contribution in [3.63, 3.8) is 0 Å². The molecule has 0 amide bonds. The minimum atomic E-state index is -0.515. The zero-order valence-corrected chi connectivity index (χ0v) is 19.7. The summed E-state index contributed by atoms with van der Waals surface area (Å²) in [6, 6.07) is 14.8. The molecule has 164 valence electrons.